The van der Waals surface area contributed by atoms with Gasteiger partial charge in [0, 0.05) is 148 Å². The SMILES string of the molecule is C.C.C.C.C.C.C.C.CC(C)(C)c1ncc[nH]1.CC(C)(C)c1ncc[nH]1.CC(C)(C)c1ncco1.CC(C)(C)c1ncco1.CC(C)(C)c1nccs1.CC(C)(C)c1nccs1.CC(C)(C)n1cccn1.CC(C)(C)n1cccn1.CC(C)(C)n1nccn1.Cc1nc(C(C)(C)C)n[nH]1.Cc1nnc(C(C)(C)C)o1.Cn1ccnc1C(C)(C)C. The van der Waals surface area contributed by atoms with Crippen LogP contribution in [-0.2, 0) is 72.4 Å². The van der Waals surface area contributed by atoms with E-state index in [9.17, 15) is 0 Å². The molecule has 682 valence electrons. The van der Waals surface area contributed by atoms with Crippen molar-refractivity contribution in [2.45, 2.75) is 388 Å². The molecule has 0 aliphatic rings. The summed E-state index contributed by atoms with van der Waals surface area (Å²) in [7, 11) is 2.02. The molecule has 0 atom stereocenters. The van der Waals surface area contributed by atoms with Crippen LogP contribution < -0.4 is 0 Å². The average molecular weight is 1700 g/mol. The first kappa shape index (κ1) is 126. The summed E-state index contributed by atoms with van der Waals surface area (Å²) in [5.74, 6) is 7.90. The van der Waals surface area contributed by atoms with Gasteiger partial charge in [0.1, 0.15) is 35.8 Å². The van der Waals surface area contributed by atoms with Gasteiger partial charge in [-0.25, -0.2) is 39.9 Å². The van der Waals surface area contributed by atoms with Crippen molar-refractivity contribution in [1.82, 2.24) is 109 Å². The monoisotopic (exact) mass is 1700 g/mol. The summed E-state index contributed by atoms with van der Waals surface area (Å²) in [6.45, 7) is 79.8. The molecular weight excluding hydrogens is 1530 g/mol. The fourth-order valence-corrected chi connectivity index (χ4v) is 9.44. The molecule has 0 aliphatic carbocycles. The maximum absolute atomic E-state index is 5.23. The van der Waals surface area contributed by atoms with Crippen molar-refractivity contribution in [3.8, 4) is 0 Å². The van der Waals surface area contributed by atoms with Crippen molar-refractivity contribution >= 4 is 22.7 Å². The molecule has 0 amide bonds. The summed E-state index contributed by atoms with van der Waals surface area (Å²) in [4.78, 5) is 41.0. The maximum atomic E-state index is 5.23. The van der Waals surface area contributed by atoms with Gasteiger partial charge in [0.05, 0.1) is 51.4 Å². The van der Waals surface area contributed by atoms with Gasteiger partial charge in [-0.05, 0) is 81.4 Å². The van der Waals surface area contributed by atoms with Gasteiger partial charge in [0.2, 0.25) is 11.8 Å². The minimum atomic E-state index is -0.0265. The number of nitrogens with zero attached hydrogens (tertiary/aromatic N) is 19. The van der Waals surface area contributed by atoms with Crippen LogP contribution in [0.1, 0.15) is 371 Å². The second-order valence-corrected chi connectivity index (χ2v) is 40.2. The number of hydrogen-bond acceptors (Lipinski definition) is 20. The number of imidazole rings is 3. The van der Waals surface area contributed by atoms with E-state index in [4.69, 9.17) is 13.3 Å². The van der Waals surface area contributed by atoms with E-state index in [-0.39, 0.29) is 125 Å². The fourth-order valence-electron chi connectivity index (χ4n) is 7.99. The minimum absolute atomic E-state index is 0. The van der Waals surface area contributed by atoms with Crippen molar-refractivity contribution in [2.75, 3.05) is 0 Å². The zero-order valence-corrected chi connectivity index (χ0v) is 76.9. The van der Waals surface area contributed by atoms with Crippen molar-refractivity contribution in [2.24, 2.45) is 7.05 Å². The van der Waals surface area contributed by atoms with Gasteiger partial charge in [-0.1, -0.05) is 246 Å². The van der Waals surface area contributed by atoms with Crippen LogP contribution in [0, 0.1) is 13.8 Å². The minimum Gasteiger partial charge on any atom is -0.448 e. The molecule has 0 spiro atoms. The molecule has 25 nitrogen and oxygen atoms in total. The normalized spacial score (nSPS) is 11.1. The molecule has 12 aromatic heterocycles. The van der Waals surface area contributed by atoms with Gasteiger partial charge >= 0.3 is 0 Å². The predicted molar refractivity (Wildman–Crippen MR) is 509 cm³/mol. The highest BCUT2D eigenvalue weighted by atomic mass is 32.1. The summed E-state index contributed by atoms with van der Waals surface area (Å²) in [6, 6.07) is 3.87. The summed E-state index contributed by atoms with van der Waals surface area (Å²) in [5.41, 5.74) is 1.34. The van der Waals surface area contributed by atoms with Crippen molar-refractivity contribution in [3.63, 3.8) is 0 Å². The molecule has 27 heteroatoms. The number of aryl methyl sites for hydroxylation is 3. The van der Waals surface area contributed by atoms with E-state index in [1.165, 1.54) is 10.0 Å². The van der Waals surface area contributed by atoms with Crippen molar-refractivity contribution in [1.29, 1.82) is 0 Å². The van der Waals surface area contributed by atoms with Crippen LogP contribution in [0.15, 0.2) is 148 Å². The number of rotatable bonds is 0. The highest BCUT2D eigenvalue weighted by molar-refractivity contribution is 7.10. The number of nitrogens with one attached hydrogen (secondary N) is 3. The quantitative estimate of drug-likeness (QED) is 0.127. The molecule has 0 unspecified atom stereocenters. The highest BCUT2D eigenvalue weighted by Crippen LogP contribution is 2.27. The summed E-state index contributed by atoms with van der Waals surface area (Å²) in [5, 5.41) is 37.1. The Morgan fingerprint density at radius 2 is 0.723 bits per heavy atom. The molecule has 0 bridgehead atoms. The van der Waals surface area contributed by atoms with Gasteiger partial charge in [0.25, 0.3) is 0 Å². The average Bonchev–Trinajstić information content (AvgIpc) is 1.72. The van der Waals surface area contributed by atoms with Crippen molar-refractivity contribution in [3.05, 3.63) is 197 Å². The molecule has 0 radical (unpaired) electrons. The van der Waals surface area contributed by atoms with Gasteiger partial charge in [-0.2, -0.15) is 30.3 Å². The van der Waals surface area contributed by atoms with E-state index >= 15 is 0 Å². The first-order valence-electron chi connectivity index (χ1n) is 37.6. The molecule has 12 rings (SSSR count). The van der Waals surface area contributed by atoms with E-state index in [2.05, 4.69) is 324 Å². The van der Waals surface area contributed by atoms with E-state index < -0.39 is 0 Å². The summed E-state index contributed by atoms with van der Waals surface area (Å²) < 4.78 is 21.3. The van der Waals surface area contributed by atoms with Crippen LogP contribution in [0.25, 0.3) is 0 Å². The lowest BCUT2D eigenvalue weighted by Gasteiger charge is -2.18. The third-order valence-corrected chi connectivity index (χ3v) is 16.4. The Morgan fingerprint density at radius 1 is 0.345 bits per heavy atom. The molecule has 0 aromatic carbocycles. The van der Waals surface area contributed by atoms with E-state index in [0.717, 1.165) is 40.9 Å². The molecule has 119 heavy (non-hydrogen) atoms. The number of hydrogen-bond donors (Lipinski definition) is 3. The van der Waals surface area contributed by atoms with Crippen LogP contribution in [0.2, 0.25) is 0 Å². The van der Waals surface area contributed by atoms with Gasteiger partial charge in [0.15, 0.2) is 17.6 Å². The second kappa shape index (κ2) is 54.4. The molecule has 12 heterocycles. The molecule has 0 aliphatic heterocycles. The largest absolute Gasteiger partial charge is 0.448 e. The smallest absolute Gasteiger partial charge is 0.221 e. The fraction of sp³-hybridized carbons (Fsp3) is 0.641. The Balaban J connectivity index is -0.000000187. The number of aromatic nitrogens is 22. The van der Waals surface area contributed by atoms with Crippen molar-refractivity contribution < 1.29 is 13.3 Å². The number of H-pyrrole nitrogens is 3. The van der Waals surface area contributed by atoms with Gasteiger partial charge < -0.3 is 27.8 Å². The topological polar surface area (TPSA) is 300 Å². The Morgan fingerprint density at radius 3 is 0.857 bits per heavy atom. The second-order valence-electron chi connectivity index (χ2n) is 38.4. The van der Waals surface area contributed by atoms with E-state index in [1.54, 1.807) is 96.5 Å². The highest BCUT2D eigenvalue weighted by Gasteiger charge is 2.24. The van der Waals surface area contributed by atoms with Gasteiger partial charge in [-0.15, -0.1) is 32.9 Å². The Bertz CT molecular complexity index is 3490. The number of thiazole rings is 2. The molecule has 0 saturated heterocycles. The standard InChI is InChI=1S/C8H14N2.C7H13N3.C7H12N2O.4C7H12N2.2C7H11NO.2C7H11NS.C6H11N3.8CH4/c1-8(2,3)7-9-5-6-10(7)4;1-5-8-6(10-9-5)7(2,3)4;1-5-8-9-6(10-5)7(2,3)4;2*1-7(2,3)6-8-4-5-9-6;2*1-7(2,3)9-6-4-5-8-9;4*1-7(2,3)6-8-4-5-9-6;1-6(2,3)9-7-4-5-8-9;;;;;;;;/h5-6H,1-4H3;1-4H3,(H,8,9,10);1-4H3;2*4-5H,1-3H3,(H,8,9);2*4-6H,1-3H3;5*4-5H,1-3H3;8*1H4. The molecule has 0 saturated carbocycles. The molecule has 12 aromatic rings. The van der Waals surface area contributed by atoms with Crippen LogP contribution in [0.5, 0.6) is 0 Å². The molecular formula is C92H174N22O3S2. The van der Waals surface area contributed by atoms with Crippen LogP contribution in [0.4, 0.5) is 0 Å². The summed E-state index contributed by atoms with van der Waals surface area (Å²) in [6.07, 6.45) is 32.2. The van der Waals surface area contributed by atoms with Crippen LogP contribution >= 0.6 is 22.7 Å². The lowest BCUT2D eigenvalue weighted by molar-refractivity contribution is 0.312. The Labute approximate surface area is 733 Å². The predicted octanol–water partition coefficient (Wildman–Crippen LogP) is 26.4. The third kappa shape index (κ3) is 52.7. The summed E-state index contributed by atoms with van der Waals surface area (Å²) >= 11 is 3.44. The lowest BCUT2D eigenvalue weighted by atomic mass is 9.96. The third-order valence-electron chi connectivity index (χ3n) is 14.0. The van der Waals surface area contributed by atoms with E-state index in [0.29, 0.717) is 11.8 Å². The number of oxazole rings is 2. The zero-order valence-electron chi connectivity index (χ0n) is 75.2. The maximum Gasteiger partial charge on any atom is 0.221 e. The van der Waals surface area contributed by atoms with Crippen LogP contribution in [-0.4, -0.2) is 109 Å². The number of aromatic amines is 3. The van der Waals surface area contributed by atoms with Gasteiger partial charge in [-0.3, -0.25) is 14.5 Å². The molecule has 3 N–H and O–H groups in total. The first-order chi connectivity index (χ1) is 50.5. The first-order valence-corrected chi connectivity index (χ1v) is 39.4. The molecule has 0 fully saturated rings. The van der Waals surface area contributed by atoms with E-state index in [1.807, 2.05) is 117 Å². The Hall–Kier alpha value is -8.85. The zero-order chi connectivity index (χ0) is 85.5. The van der Waals surface area contributed by atoms with Crippen LogP contribution in [0.3, 0.4) is 0 Å². The Kier molecular flexibility index (Phi) is 57.5. The lowest BCUT2D eigenvalue weighted by Crippen LogP contribution is -2.24.